The van der Waals surface area contributed by atoms with Crippen LogP contribution in [0.4, 0.5) is 10.1 Å². The molecule has 0 aliphatic carbocycles. The van der Waals surface area contributed by atoms with Crippen molar-refractivity contribution in [1.29, 1.82) is 0 Å². The Morgan fingerprint density at radius 2 is 2.24 bits per heavy atom. The molecular formula is C11H10FNO4. The number of halogens is 1. The molecule has 2 N–H and O–H groups in total. The lowest BCUT2D eigenvalue weighted by molar-refractivity contribution is -0.145. The van der Waals surface area contributed by atoms with E-state index < -0.39 is 23.9 Å². The van der Waals surface area contributed by atoms with Crippen molar-refractivity contribution in [2.24, 2.45) is 0 Å². The highest BCUT2D eigenvalue weighted by atomic mass is 19.1. The fraction of sp³-hybridized carbons (Fsp3) is 0.273. The molecular weight excluding hydrogens is 229 g/mol. The summed E-state index contributed by atoms with van der Waals surface area (Å²) in [7, 11) is 0. The van der Waals surface area contributed by atoms with Gasteiger partial charge >= 0.3 is 11.9 Å². The van der Waals surface area contributed by atoms with Gasteiger partial charge in [-0.05, 0) is 18.2 Å². The smallest absolute Gasteiger partial charge is 0.347 e. The monoisotopic (exact) mass is 239 g/mol. The molecule has 0 radical (unpaired) electrons. The van der Waals surface area contributed by atoms with Crippen LogP contribution in [0.5, 0.6) is 0 Å². The number of ether oxygens (including phenoxy) is 2. The highest BCUT2D eigenvalue weighted by molar-refractivity contribution is 5.92. The Morgan fingerprint density at radius 1 is 1.47 bits per heavy atom. The summed E-state index contributed by atoms with van der Waals surface area (Å²) in [4.78, 5) is 22.7. The molecule has 1 aliphatic rings. The highest BCUT2D eigenvalue weighted by Gasteiger charge is 2.30. The van der Waals surface area contributed by atoms with Crippen LogP contribution in [0.2, 0.25) is 0 Å². The lowest BCUT2D eigenvalue weighted by Gasteiger charge is -2.08. The van der Waals surface area contributed by atoms with Crippen molar-refractivity contribution >= 4 is 17.6 Å². The van der Waals surface area contributed by atoms with Crippen molar-refractivity contribution in [1.82, 2.24) is 0 Å². The van der Waals surface area contributed by atoms with Gasteiger partial charge in [0.2, 0.25) is 6.10 Å². The van der Waals surface area contributed by atoms with Crippen molar-refractivity contribution in [3.05, 3.63) is 29.6 Å². The molecule has 6 heteroatoms. The zero-order chi connectivity index (χ0) is 12.4. The first-order chi connectivity index (χ1) is 8.06. The summed E-state index contributed by atoms with van der Waals surface area (Å²) in [5, 5.41) is 0. The number of nitrogens with two attached hydrogens (primary N) is 1. The van der Waals surface area contributed by atoms with E-state index in [1.165, 1.54) is 6.07 Å². The van der Waals surface area contributed by atoms with Gasteiger partial charge in [0.1, 0.15) is 5.82 Å². The minimum absolute atomic E-state index is 0.0257. The Labute approximate surface area is 96.3 Å². The van der Waals surface area contributed by atoms with Gasteiger partial charge in [0.05, 0.1) is 12.2 Å². The second-order valence-corrected chi connectivity index (χ2v) is 3.62. The molecule has 0 spiro atoms. The van der Waals surface area contributed by atoms with Crippen LogP contribution in [-0.4, -0.2) is 24.6 Å². The van der Waals surface area contributed by atoms with Gasteiger partial charge in [0.25, 0.3) is 0 Å². The summed E-state index contributed by atoms with van der Waals surface area (Å²) in [5.74, 6) is -2.01. The summed E-state index contributed by atoms with van der Waals surface area (Å²) in [6.07, 6.45) is -0.595. The van der Waals surface area contributed by atoms with Gasteiger partial charge in [-0.1, -0.05) is 0 Å². The summed E-state index contributed by atoms with van der Waals surface area (Å²) in [6, 6.07) is 3.37. The van der Waals surface area contributed by atoms with Crippen molar-refractivity contribution < 1.29 is 23.5 Å². The lowest BCUT2D eigenvalue weighted by Crippen LogP contribution is -2.22. The molecule has 0 bridgehead atoms. The molecule has 0 saturated carbocycles. The minimum atomic E-state index is -0.910. The average molecular weight is 239 g/mol. The maximum absolute atomic E-state index is 13.0. The fourth-order valence-corrected chi connectivity index (χ4v) is 1.51. The van der Waals surface area contributed by atoms with Gasteiger partial charge in [-0.3, -0.25) is 0 Å². The molecule has 1 aromatic carbocycles. The lowest BCUT2D eigenvalue weighted by atomic mass is 10.2. The van der Waals surface area contributed by atoms with E-state index >= 15 is 0 Å². The standard InChI is InChI=1S/C11H10FNO4/c12-7-3-6(4-8(13)5-7)10(14)17-9-1-2-16-11(9)15/h3-5,9H,1-2,13H2. The van der Waals surface area contributed by atoms with E-state index in [0.29, 0.717) is 6.42 Å². The van der Waals surface area contributed by atoms with E-state index in [1.807, 2.05) is 0 Å². The van der Waals surface area contributed by atoms with Crippen LogP contribution < -0.4 is 5.73 Å². The van der Waals surface area contributed by atoms with E-state index in [0.717, 1.165) is 12.1 Å². The quantitative estimate of drug-likeness (QED) is 0.612. The van der Waals surface area contributed by atoms with Gasteiger partial charge in [-0.15, -0.1) is 0 Å². The predicted octanol–water partition coefficient (Wildman–Crippen LogP) is 0.880. The molecule has 5 nitrogen and oxygen atoms in total. The van der Waals surface area contributed by atoms with Crippen molar-refractivity contribution in [3.8, 4) is 0 Å². The van der Waals surface area contributed by atoms with Crippen LogP contribution in [0.3, 0.4) is 0 Å². The van der Waals surface area contributed by atoms with Gasteiger partial charge < -0.3 is 15.2 Å². The topological polar surface area (TPSA) is 78.6 Å². The number of rotatable bonds is 2. The minimum Gasteiger partial charge on any atom is -0.463 e. The van der Waals surface area contributed by atoms with Gasteiger partial charge in [-0.25, -0.2) is 14.0 Å². The molecule has 1 fully saturated rings. The van der Waals surface area contributed by atoms with Crippen LogP contribution in [0.25, 0.3) is 0 Å². The number of esters is 2. The van der Waals surface area contributed by atoms with Crippen LogP contribution in [-0.2, 0) is 14.3 Å². The summed E-state index contributed by atoms with van der Waals surface area (Å²) in [5.41, 5.74) is 5.48. The molecule has 0 aromatic heterocycles. The van der Waals surface area contributed by atoms with Crippen molar-refractivity contribution in [2.75, 3.05) is 12.3 Å². The maximum atomic E-state index is 13.0. The summed E-state index contributed by atoms with van der Waals surface area (Å²) >= 11 is 0. The SMILES string of the molecule is Nc1cc(F)cc(C(=O)OC2CCOC2=O)c1. The number of hydrogen-bond acceptors (Lipinski definition) is 5. The third kappa shape index (κ3) is 2.52. The van der Waals surface area contributed by atoms with Crippen LogP contribution in [0, 0.1) is 5.82 Å². The van der Waals surface area contributed by atoms with Crippen molar-refractivity contribution in [2.45, 2.75) is 12.5 Å². The third-order valence-electron chi connectivity index (χ3n) is 2.29. The molecule has 17 heavy (non-hydrogen) atoms. The largest absolute Gasteiger partial charge is 0.463 e. The van der Waals surface area contributed by atoms with E-state index in [9.17, 15) is 14.0 Å². The number of carbonyl (C=O) groups is 2. The Hall–Kier alpha value is -2.11. The average Bonchev–Trinajstić information content (AvgIpc) is 2.63. The number of hydrogen-bond donors (Lipinski definition) is 1. The maximum Gasteiger partial charge on any atom is 0.347 e. The zero-order valence-corrected chi connectivity index (χ0v) is 8.81. The second kappa shape index (κ2) is 4.40. The van der Waals surface area contributed by atoms with E-state index in [-0.39, 0.29) is 17.9 Å². The van der Waals surface area contributed by atoms with E-state index in [4.69, 9.17) is 10.5 Å². The van der Waals surface area contributed by atoms with Gasteiger partial charge in [-0.2, -0.15) is 0 Å². The highest BCUT2D eigenvalue weighted by Crippen LogP contribution is 2.16. The predicted molar refractivity (Wildman–Crippen MR) is 55.6 cm³/mol. The van der Waals surface area contributed by atoms with Crippen molar-refractivity contribution in [3.63, 3.8) is 0 Å². The van der Waals surface area contributed by atoms with Gasteiger partial charge in [0.15, 0.2) is 0 Å². The second-order valence-electron chi connectivity index (χ2n) is 3.62. The van der Waals surface area contributed by atoms with Gasteiger partial charge in [0, 0.05) is 12.1 Å². The first-order valence-electron chi connectivity index (χ1n) is 5.00. The molecule has 1 aliphatic heterocycles. The Bertz CT molecular complexity index is 454. The van der Waals surface area contributed by atoms with Crippen LogP contribution in [0.15, 0.2) is 18.2 Å². The first-order valence-corrected chi connectivity index (χ1v) is 5.00. The molecule has 1 aromatic rings. The fourth-order valence-electron chi connectivity index (χ4n) is 1.51. The first kappa shape index (κ1) is 11.4. The Kier molecular flexibility index (Phi) is 2.95. The number of nitrogen functional groups attached to an aromatic ring is 1. The zero-order valence-electron chi connectivity index (χ0n) is 8.81. The number of cyclic esters (lactones) is 1. The van der Waals surface area contributed by atoms with E-state index in [2.05, 4.69) is 4.74 Å². The number of anilines is 1. The number of benzene rings is 1. The number of carbonyl (C=O) groups excluding carboxylic acids is 2. The molecule has 1 unspecified atom stereocenters. The molecule has 1 saturated heterocycles. The third-order valence-corrected chi connectivity index (χ3v) is 2.29. The molecule has 90 valence electrons. The molecule has 0 amide bonds. The van der Waals surface area contributed by atoms with Crippen LogP contribution >= 0.6 is 0 Å². The Balaban J connectivity index is 2.11. The molecule has 1 heterocycles. The normalized spacial score (nSPS) is 18.9. The Morgan fingerprint density at radius 3 is 2.82 bits per heavy atom. The van der Waals surface area contributed by atoms with E-state index in [1.54, 1.807) is 0 Å². The summed E-state index contributed by atoms with van der Waals surface area (Å²) < 4.78 is 22.5. The molecule has 1 atom stereocenters. The summed E-state index contributed by atoms with van der Waals surface area (Å²) in [6.45, 7) is 0.224. The molecule has 2 rings (SSSR count). The van der Waals surface area contributed by atoms with Crippen LogP contribution in [0.1, 0.15) is 16.8 Å².